The molecule has 60 valence electrons. The van der Waals surface area contributed by atoms with Crippen molar-refractivity contribution in [1.82, 2.24) is 0 Å². The van der Waals surface area contributed by atoms with Crippen LogP contribution in [0.2, 0.25) is 0 Å². The third-order valence-electron chi connectivity index (χ3n) is 1.22. The highest BCUT2D eigenvalue weighted by Crippen LogP contribution is 2.10. The first-order chi connectivity index (χ1) is 5.33. The third kappa shape index (κ3) is 3.56. The van der Waals surface area contributed by atoms with Gasteiger partial charge in [-0.3, -0.25) is 4.99 Å². The van der Waals surface area contributed by atoms with Crippen LogP contribution in [0.15, 0.2) is 29.3 Å². The number of benzene rings is 1. The normalized spacial score (nSPS) is 7.91. The zero-order valence-electron chi connectivity index (χ0n) is 7.46. The second-order valence-corrected chi connectivity index (χ2v) is 1.99. The Bertz CT molecular complexity index is 199. The van der Waals surface area contributed by atoms with Gasteiger partial charge >= 0.3 is 0 Å². The van der Waals surface area contributed by atoms with E-state index in [9.17, 15) is 0 Å². The number of aryl methyl sites for hydroxylation is 1. The molecule has 0 aliphatic rings. The van der Waals surface area contributed by atoms with E-state index in [1.54, 1.807) is 0 Å². The molecule has 0 aliphatic carbocycles. The molecule has 0 spiro atoms. The molecule has 0 amide bonds. The molecule has 1 heteroatoms. The Morgan fingerprint density at radius 2 is 1.55 bits per heavy atom. The molecule has 0 saturated heterocycles. The van der Waals surface area contributed by atoms with E-state index >= 15 is 0 Å². The van der Waals surface area contributed by atoms with Gasteiger partial charge < -0.3 is 0 Å². The van der Waals surface area contributed by atoms with E-state index in [1.165, 1.54) is 5.56 Å². The van der Waals surface area contributed by atoms with E-state index < -0.39 is 0 Å². The van der Waals surface area contributed by atoms with Gasteiger partial charge in [-0.1, -0.05) is 31.5 Å². The van der Waals surface area contributed by atoms with Gasteiger partial charge in [-0.05, 0) is 25.8 Å². The number of aliphatic imine (C=N–C) groups is 1. The van der Waals surface area contributed by atoms with Crippen molar-refractivity contribution in [1.29, 1.82) is 0 Å². The van der Waals surface area contributed by atoms with Crippen molar-refractivity contribution in [3.05, 3.63) is 29.8 Å². The topological polar surface area (TPSA) is 12.4 Å². The maximum absolute atomic E-state index is 3.76. The summed E-state index contributed by atoms with van der Waals surface area (Å²) >= 11 is 0. The van der Waals surface area contributed by atoms with Crippen LogP contribution in [0.3, 0.4) is 0 Å². The third-order valence-corrected chi connectivity index (χ3v) is 1.22. The molecule has 0 aromatic heterocycles. The van der Waals surface area contributed by atoms with Crippen LogP contribution in [0.25, 0.3) is 0 Å². The lowest BCUT2D eigenvalue weighted by Crippen LogP contribution is -1.66. The minimum absolute atomic E-state index is 0.931. The Balaban J connectivity index is 0.000000461. The monoisotopic (exact) mass is 149 g/mol. The Kier molecular flexibility index (Phi) is 5.09. The lowest BCUT2D eigenvalue weighted by atomic mass is 10.2. The molecule has 1 aromatic rings. The summed E-state index contributed by atoms with van der Waals surface area (Å²) in [7, 11) is 0. The van der Waals surface area contributed by atoms with Gasteiger partial charge in [0.2, 0.25) is 0 Å². The van der Waals surface area contributed by atoms with E-state index in [0.717, 1.165) is 5.69 Å². The number of hydrogen-bond acceptors (Lipinski definition) is 1. The Morgan fingerprint density at radius 3 is 1.91 bits per heavy atom. The quantitative estimate of drug-likeness (QED) is 0.543. The van der Waals surface area contributed by atoms with Crippen LogP contribution in [0.4, 0.5) is 5.69 Å². The van der Waals surface area contributed by atoms with Gasteiger partial charge in [0.1, 0.15) is 0 Å². The number of rotatable bonds is 1. The van der Waals surface area contributed by atoms with Crippen molar-refractivity contribution < 1.29 is 0 Å². The number of nitrogens with zero attached hydrogens (tertiary/aromatic N) is 1. The van der Waals surface area contributed by atoms with E-state index in [0.29, 0.717) is 0 Å². The van der Waals surface area contributed by atoms with Crippen molar-refractivity contribution in [2.45, 2.75) is 20.8 Å². The molecule has 0 radical (unpaired) electrons. The van der Waals surface area contributed by atoms with Crippen molar-refractivity contribution in [3.63, 3.8) is 0 Å². The molecule has 0 N–H and O–H groups in total. The summed E-state index contributed by atoms with van der Waals surface area (Å²) in [4.78, 5) is 3.76. The van der Waals surface area contributed by atoms with E-state index in [-0.39, 0.29) is 0 Å². The Morgan fingerprint density at radius 1 is 1.09 bits per heavy atom. The van der Waals surface area contributed by atoms with Crippen molar-refractivity contribution >= 4 is 12.4 Å². The van der Waals surface area contributed by atoms with E-state index in [4.69, 9.17) is 0 Å². The van der Waals surface area contributed by atoms with Crippen molar-refractivity contribution in [2.24, 2.45) is 4.99 Å². The second-order valence-electron chi connectivity index (χ2n) is 1.99. The molecule has 0 atom stereocenters. The summed E-state index contributed by atoms with van der Waals surface area (Å²) in [5, 5.41) is 0. The van der Waals surface area contributed by atoms with Crippen LogP contribution in [0, 0.1) is 6.92 Å². The highest BCUT2D eigenvalue weighted by Gasteiger charge is 1.83. The molecule has 0 heterocycles. The molecule has 0 unspecified atom stereocenters. The molecular weight excluding hydrogens is 134 g/mol. The minimum Gasteiger partial charge on any atom is -0.265 e. The molecule has 0 bridgehead atoms. The fraction of sp³-hybridized carbons (Fsp3) is 0.300. The van der Waals surface area contributed by atoms with Gasteiger partial charge in [0.05, 0.1) is 5.69 Å². The predicted molar refractivity (Wildman–Crippen MR) is 51.7 cm³/mol. The van der Waals surface area contributed by atoms with Crippen LogP contribution in [-0.2, 0) is 0 Å². The standard InChI is InChI=1S/C8H9N.C2H6/c1-7-3-5-8(9-2)6-4-7;1-2/h3-6H,2H2,1H3;1-2H3. The summed E-state index contributed by atoms with van der Waals surface area (Å²) in [6, 6.07) is 7.93. The van der Waals surface area contributed by atoms with E-state index in [2.05, 4.69) is 11.7 Å². The summed E-state index contributed by atoms with van der Waals surface area (Å²) < 4.78 is 0. The fourth-order valence-corrected chi connectivity index (χ4v) is 0.650. The summed E-state index contributed by atoms with van der Waals surface area (Å²) in [6.07, 6.45) is 0. The van der Waals surface area contributed by atoms with E-state index in [1.807, 2.05) is 45.0 Å². The average Bonchev–Trinajstić information content (AvgIpc) is 2.10. The van der Waals surface area contributed by atoms with Crippen LogP contribution in [0.1, 0.15) is 19.4 Å². The Labute approximate surface area is 68.8 Å². The number of hydrogen-bond donors (Lipinski definition) is 0. The van der Waals surface area contributed by atoms with Crippen LogP contribution >= 0.6 is 0 Å². The summed E-state index contributed by atoms with van der Waals surface area (Å²) in [5.41, 5.74) is 2.18. The molecule has 0 saturated carbocycles. The van der Waals surface area contributed by atoms with Crippen LogP contribution < -0.4 is 0 Å². The summed E-state index contributed by atoms with van der Waals surface area (Å²) in [6.45, 7) is 9.46. The van der Waals surface area contributed by atoms with Gasteiger partial charge in [-0.25, -0.2) is 0 Å². The second kappa shape index (κ2) is 5.66. The maximum Gasteiger partial charge on any atom is 0.0622 e. The first kappa shape index (κ1) is 9.89. The molecule has 1 aromatic carbocycles. The molecule has 1 nitrogen and oxygen atoms in total. The zero-order chi connectivity index (χ0) is 8.69. The van der Waals surface area contributed by atoms with Gasteiger partial charge in [0.15, 0.2) is 0 Å². The Hall–Kier alpha value is -1.11. The first-order valence-electron chi connectivity index (χ1n) is 3.86. The van der Waals surface area contributed by atoms with Gasteiger partial charge in [-0.15, -0.1) is 0 Å². The van der Waals surface area contributed by atoms with Gasteiger partial charge in [0, 0.05) is 0 Å². The minimum atomic E-state index is 0.931. The molecule has 1 rings (SSSR count). The maximum atomic E-state index is 3.76. The fourth-order valence-electron chi connectivity index (χ4n) is 0.650. The highest BCUT2D eigenvalue weighted by molar-refractivity contribution is 5.45. The van der Waals surface area contributed by atoms with Gasteiger partial charge in [-0.2, -0.15) is 0 Å². The van der Waals surface area contributed by atoms with Crippen LogP contribution in [-0.4, -0.2) is 6.72 Å². The average molecular weight is 149 g/mol. The van der Waals surface area contributed by atoms with Crippen molar-refractivity contribution in [3.8, 4) is 0 Å². The largest absolute Gasteiger partial charge is 0.265 e. The summed E-state index contributed by atoms with van der Waals surface area (Å²) in [5.74, 6) is 0. The predicted octanol–water partition coefficient (Wildman–Crippen LogP) is 3.35. The highest BCUT2D eigenvalue weighted by atomic mass is 14.7. The molecular formula is C10H15N. The lowest BCUT2D eigenvalue weighted by molar-refractivity contribution is 1.44. The molecule has 0 aliphatic heterocycles. The SMILES string of the molecule is C=Nc1ccc(C)cc1.CC. The zero-order valence-corrected chi connectivity index (χ0v) is 7.46. The lowest BCUT2D eigenvalue weighted by Gasteiger charge is -1.90. The molecule has 11 heavy (non-hydrogen) atoms. The van der Waals surface area contributed by atoms with Gasteiger partial charge in [0.25, 0.3) is 0 Å². The van der Waals surface area contributed by atoms with Crippen LogP contribution in [0.5, 0.6) is 0 Å². The molecule has 0 fully saturated rings. The van der Waals surface area contributed by atoms with Crippen molar-refractivity contribution in [2.75, 3.05) is 0 Å². The first-order valence-corrected chi connectivity index (χ1v) is 3.86. The smallest absolute Gasteiger partial charge is 0.0622 e.